The Hall–Kier alpha value is -1.58. The van der Waals surface area contributed by atoms with Crippen LogP contribution in [0.2, 0.25) is 0 Å². The lowest BCUT2D eigenvalue weighted by molar-refractivity contribution is -0.142. The van der Waals surface area contributed by atoms with E-state index in [-0.39, 0.29) is 11.7 Å². The van der Waals surface area contributed by atoms with E-state index >= 15 is 0 Å². The molecule has 2 atom stereocenters. The van der Waals surface area contributed by atoms with Crippen LogP contribution in [0.1, 0.15) is 19.4 Å². The van der Waals surface area contributed by atoms with Crippen molar-refractivity contribution in [3.63, 3.8) is 0 Å². The van der Waals surface area contributed by atoms with Crippen molar-refractivity contribution in [1.29, 1.82) is 0 Å². The molecular weight excluding hydrogens is 223 g/mol. The number of hydrogen-bond donors (Lipinski definition) is 1. The Morgan fingerprint density at radius 1 is 1.47 bits per heavy atom. The molecule has 0 heterocycles. The fraction of sp³-hybridized carbons (Fsp3) is 0.462. The molecule has 3 nitrogen and oxygen atoms in total. The van der Waals surface area contributed by atoms with Crippen LogP contribution in [0.4, 0.5) is 4.39 Å². The number of halogens is 1. The van der Waals surface area contributed by atoms with Crippen LogP contribution in [0.15, 0.2) is 18.2 Å². The summed E-state index contributed by atoms with van der Waals surface area (Å²) in [6.07, 6.45) is 0.385. The third kappa shape index (κ3) is 3.19. The largest absolute Gasteiger partial charge is 0.494 e. The highest BCUT2D eigenvalue weighted by molar-refractivity contribution is 5.69. The van der Waals surface area contributed by atoms with Gasteiger partial charge in [0.15, 0.2) is 11.6 Å². The number of rotatable bonds is 5. The van der Waals surface area contributed by atoms with Crippen LogP contribution in [-0.2, 0) is 11.2 Å². The van der Waals surface area contributed by atoms with Crippen molar-refractivity contribution in [3.05, 3.63) is 29.6 Å². The minimum absolute atomic E-state index is 0.130. The van der Waals surface area contributed by atoms with Crippen molar-refractivity contribution < 1.29 is 19.0 Å². The predicted octanol–water partition coefficient (Wildman–Crippen LogP) is 2.73. The number of benzene rings is 1. The molecular formula is C13H17FO3. The Morgan fingerprint density at radius 2 is 2.12 bits per heavy atom. The number of carbonyl (C=O) groups is 1. The number of carboxylic acids is 1. The van der Waals surface area contributed by atoms with E-state index < -0.39 is 17.7 Å². The van der Waals surface area contributed by atoms with Gasteiger partial charge in [0, 0.05) is 0 Å². The SMILES string of the molecule is COc1cccc(CC(C)C(C)C(=O)O)c1F. The van der Waals surface area contributed by atoms with E-state index in [0.717, 1.165) is 0 Å². The van der Waals surface area contributed by atoms with E-state index in [2.05, 4.69) is 0 Å². The zero-order valence-electron chi connectivity index (χ0n) is 10.2. The summed E-state index contributed by atoms with van der Waals surface area (Å²) in [6, 6.07) is 4.91. The Bertz CT molecular complexity index is 404. The van der Waals surface area contributed by atoms with E-state index in [0.29, 0.717) is 12.0 Å². The Labute approximate surface area is 100 Å². The smallest absolute Gasteiger partial charge is 0.306 e. The molecule has 94 valence electrons. The van der Waals surface area contributed by atoms with Crippen molar-refractivity contribution in [2.24, 2.45) is 11.8 Å². The van der Waals surface area contributed by atoms with Crippen LogP contribution in [-0.4, -0.2) is 18.2 Å². The van der Waals surface area contributed by atoms with Crippen LogP contribution in [0.5, 0.6) is 5.75 Å². The molecule has 0 aliphatic rings. The Morgan fingerprint density at radius 3 is 2.65 bits per heavy atom. The minimum atomic E-state index is -0.860. The van der Waals surface area contributed by atoms with Gasteiger partial charge in [0.2, 0.25) is 0 Å². The number of aliphatic carboxylic acids is 1. The molecule has 17 heavy (non-hydrogen) atoms. The van der Waals surface area contributed by atoms with Crippen LogP contribution in [0.25, 0.3) is 0 Å². The van der Waals surface area contributed by atoms with E-state index in [4.69, 9.17) is 9.84 Å². The van der Waals surface area contributed by atoms with E-state index in [1.165, 1.54) is 7.11 Å². The summed E-state index contributed by atoms with van der Waals surface area (Å²) < 4.78 is 18.7. The summed E-state index contributed by atoms with van der Waals surface area (Å²) in [5.74, 6) is -1.70. The topological polar surface area (TPSA) is 46.5 Å². The summed E-state index contributed by atoms with van der Waals surface area (Å²) >= 11 is 0. The van der Waals surface area contributed by atoms with Gasteiger partial charge in [-0.1, -0.05) is 26.0 Å². The summed E-state index contributed by atoms with van der Waals surface area (Å²) in [7, 11) is 1.41. The van der Waals surface area contributed by atoms with Crippen LogP contribution >= 0.6 is 0 Å². The highest BCUT2D eigenvalue weighted by atomic mass is 19.1. The van der Waals surface area contributed by atoms with Crippen molar-refractivity contribution in [1.82, 2.24) is 0 Å². The fourth-order valence-corrected chi connectivity index (χ4v) is 1.64. The number of ether oxygens (including phenoxy) is 1. The van der Waals surface area contributed by atoms with Gasteiger partial charge in [0.25, 0.3) is 0 Å². The molecule has 0 spiro atoms. The minimum Gasteiger partial charge on any atom is -0.494 e. The molecule has 1 N–H and O–H groups in total. The molecule has 0 radical (unpaired) electrons. The number of hydrogen-bond acceptors (Lipinski definition) is 2. The molecule has 0 aromatic heterocycles. The van der Waals surface area contributed by atoms with Crippen molar-refractivity contribution in [2.75, 3.05) is 7.11 Å². The molecule has 0 aliphatic heterocycles. The molecule has 0 fully saturated rings. The third-order valence-corrected chi connectivity index (χ3v) is 3.05. The standard InChI is InChI=1S/C13H17FO3/c1-8(9(2)13(15)16)7-10-5-4-6-11(17-3)12(10)14/h4-6,8-9H,7H2,1-3H3,(H,15,16). The van der Waals surface area contributed by atoms with Gasteiger partial charge in [-0.2, -0.15) is 0 Å². The van der Waals surface area contributed by atoms with Gasteiger partial charge in [0.1, 0.15) is 0 Å². The molecule has 4 heteroatoms. The molecule has 0 aliphatic carbocycles. The zero-order valence-corrected chi connectivity index (χ0v) is 10.2. The molecule has 0 saturated carbocycles. The van der Waals surface area contributed by atoms with Crippen molar-refractivity contribution in [2.45, 2.75) is 20.3 Å². The maximum Gasteiger partial charge on any atom is 0.306 e. The van der Waals surface area contributed by atoms with Gasteiger partial charge >= 0.3 is 5.97 Å². The van der Waals surface area contributed by atoms with Gasteiger partial charge in [-0.3, -0.25) is 4.79 Å². The van der Waals surface area contributed by atoms with Crippen LogP contribution in [0, 0.1) is 17.7 Å². The van der Waals surface area contributed by atoms with Crippen molar-refractivity contribution >= 4 is 5.97 Å². The highest BCUT2D eigenvalue weighted by Gasteiger charge is 2.21. The normalized spacial score (nSPS) is 14.1. The molecule has 1 rings (SSSR count). The highest BCUT2D eigenvalue weighted by Crippen LogP contribution is 2.24. The molecule has 1 aromatic carbocycles. The van der Waals surface area contributed by atoms with Gasteiger partial charge in [-0.15, -0.1) is 0 Å². The van der Waals surface area contributed by atoms with Gasteiger partial charge in [-0.05, 0) is 24.0 Å². The van der Waals surface area contributed by atoms with E-state index in [1.807, 2.05) is 0 Å². The van der Waals surface area contributed by atoms with Gasteiger partial charge in [0.05, 0.1) is 13.0 Å². The summed E-state index contributed by atoms with van der Waals surface area (Å²) in [5, 5.41) is 8.88. The van der Waals surface area contributed by atoms with Crippen LogP contribution in [0.3, 0.4) is 0 Å². The second-order valence-electron chi connectivity index (χ2n) is 4.24. The molecule has 2 unspecified atom stereocenters. The summed E-state index contributed by atoms with van der Waals surface area (Å²) in [4.78, 5) is 10.8. The maximum absolute atomic E-state index is 13.8. The van der Waals surface area contributed by atoms with E-state index in [9.17, 15) is 9.18 Å². The quantitative estimate of drug-likeness (QED) is 0.860. The van der Waals surface area contributed by atoms with Crippen LogP contribution < -0.4 is 4.74 Å². The second kappa shape index (κ2) is 5.66. The van der Waals surface area contributed by atoms with Gasteiger partial charge in [-0.25, -0.2) is 4.39 Å². The molecule has 0 bridgehead atoms. The molecule has 0 amide bonds. The fourth-order valence-electron chi connectivity index (χ4n) is 1.64. The van der Waals surface area contributed by atoms with Crippen molar-refractivity contribution in [3.8, 4) is 5.75 Å². The second-order valence-corrected chi connectivity index (χ2v) is 4.24. The predicted molar refractivity (Wildman–Crippen MR) is 62.6 cm³/mol. The maximum atomic E-state index is 13.8. The number of carboxylic acid groups (broad SMARTS) is 1. The van der Waals surface area contributed by atoms with Gasteiger partial charge < -0.3 is 9.84 Å². The average molecular weight is 240 g/mol. The first-order chi connectivity index (χ1) is 7.97. The first-order valence-corrected chi connectivity index (χ1v) is 5.51. The Balaban J connectivity index is 2.85. The lowest BCUT2D eigenvalue weighted by Crippen LogP contribution is -2.20. The summed E-state index contributed by atoms with van der Waals surface area (Å²) in [6.45, 7) is 3.43. The average Bonchev–Trinajstić information content (AvgIpc) is 2.30. The first kappa shape index (κ1) is 13.5. The lowest BCUT2D eigenvalue weighted by atomic mass is 9.89. The molecule has 1 aromatic rings. The van der Waals surface area contributed by atoms with E-state index in [1.54, 1.807) is 32.0 Å². The summed E-state index contributed by atoms with van der Waals surface area (Å²) in [5.41, 5.74) is 0.491. The molecule has 0 saturated heterocycles. The monoisotopic (exact) mass is 240 g/mol. The zero-order chi connectivity index (χ0) is 13.0. The first-order valence-electron chi connectivity index (χ1n) is 5.51. The lowest BCUT2D eigenvalue weighted by Gasteiger charge is -2.16. The third-order valence-electron chi connectivity index (χ3n) is 3.05. The Kier molecular flexibility index (Phi) is 4.49. The number of methoxy groups -OCH3 is 1.